The second kappa shape index (κ2) is 5.75. The second-order valence-electron chi connectivity index (χ2n) is 7.12. The minimum Gasteiger partial charge on any atom is -0.381 e. The van der Waals surface area contributed by atoms with Crippen molar-refractivity contribution in [1.29, 1.82) is 0 Å². The van der Waals surface area contributed by atoms with Crippen LogP contribution in [0.4, 0.5) is 0 Å². The first-order valence-corrected chi connectivity index (χ1v) is 8.35. The number of ether oxygens (including phenoxy) is 1. The van der Waals surface area contributed by atoms with Crippen molar-refractivity contribution in [3.8, 4) is 0 Å². The summed E-state index contributed by atoms with van der Waals surface area (Å²) in [6.45, 7) is 6.01. The number of carbonyl (C=O) groups is 2. The van der Waals surface area contributed by atoms with E-state index >= 15 is 0 Å². The number of Topliss-reactive ketones (excluding diaryl/α,β-unsaturated/α-hetero) is 1. The highest BCUT2D eigenvalue weighted by Gasteiger charge is 2.54. The maximum Gasteiger partial charge on any atom is 0.235 e. The zero-order valence-corrected chi connectivity index (χ0v) is 14.4. The van der Waals surface area contributed by atoms with Gasteiger partial charge in [-0.1, -0.05) is 17.7 Å². The van der Waals surface area contributed by atoms with Crippen molar-refractivity contribution in [3.05, 3.63) is 34.4 Å². The van der Waals surface area contributed by atoms with Gasteiger partial charge in [-0.3, -0.25) is 9.59 Å². The molecule has 1 amide bonds. The lowest BCUT2D eigenvalue weighted by molar-refractivity contribution is -0.126. The average Bonchev–Trinajstić information content (AvgIpc) is 2.72. The van der Waals surface area contributed by atoms with Crippen LogP contribution in [0.2, 0.25) is 0 Å². The van der Waals surface area contributed by atoms with Gasteiger partial charge in [0.05, 0.1) is 11.6 Å². The molecule has 1 aromatic rings. The van der Waals surface area contributed by atoms with Crippen molar-refractivity contribution in [2.45, 2.75) is 64.0 Å². The summed E-state index contributed by atoms with van der Waals surface area (Å²) in [6, 6.07) is 4.10. The molecule has 0 aromatic heterocycles. The van der Waals surface area contributed by atoms with Gasteiger partial charge in [0.2, 0.25) is 5.91 Å². The number of nitrogens with one attached hydrogen (secondary N) is 1. The molecule has 1 N–H and O–H groups in total. The zero-order chi connectivity index (χ0) is 16.8. The maximum atomic E-state index is 13.2. The summed E-state index contributed by atoms with van der Waals surface area (Å²) in [4.78, 5) is 25.8. The number of rotatable bonds is 2. The van der Waals surface area contributed by atoms with E-state index in [1.807, 2.05) is 20.8 Å². The number of hydrogen-bond donors (Lipinski definition) is 1. The molecule has 3 rings (SSSR count). The number of benzene rings is 1. The van der Waals surface area contributed by atoms with E-state index in [0.717, 1.165) is 35.1 Å². The number of amides is 1. The van der Waals surface area contributed by atoms with Crippen LogP contribution < -0.4 is 5.32 Å². The molecule has 4 nitrogen and oxygen atoms in total. The Balaban J connectivity index is 1.94. The smallest absolute Gasteiger partial charge is 0.235 e. The van der Waals surface area contributed by atoms with Gasteiger partial charge in [0.25, 0.3) is 0 Å². The third kappa shape index (κ3) is 2.59. The molecule has 4 heteroatoms. The first kappa shape index (κ1) is 16.2. The van der Waals surface area contributed by atoms with E-state index in [1.54, 1.807) is 7.11 Å². The van der Waals surface area contributed by atoms with Crippen LogP contribution in [0.25, 0.3) is 0 Å². The monoisotopic (exact) mass is 315 g/mol. The minimum absolute atomic E-state index is 0.0482. The Morgan fingerprint density at radius 1 is 1.09 bits per heavy atom. The number of carbonyl (C=O) groups excluding carboxylic acids is 2. The molecule has 0 bridgehead atoms. The Morgan fingerprint density at radius 3 is 2.17 bits per heavy atom. The highest BCUT2D eigenvalue weighted by molar-refractivity contribution is 6.17. The Hall–Kier alpha value is -1.68. The number of methoxy groups -OCH3 is 1. The largest absolute Gasteiger partial charge is 0.381 e. The molecule has 1 aromatic carbocycles. The Labute approximate surface area is 137 Å². The molecule has 0 radical (unpaired) electrons. The van der Waals surface area contributed by atoms with Gasteiger partial charge < -0.3 is 10.1 Å². The molecular weight excluding hydrogens is 290 g/mol. The summed E-state index contributed by atoms with van der Waals surface area (Å²) in [5, 5.41) is 3.04. The molecule has 2 aliphatic rings. The van der Waals surface area contributed by atoms with Crippen molar-refractivity contribution < 1.29 is 14.3 Å². The highest BCUT2D eigenvalue weighted by atomic mass is 16.5. The third-order valence-electron chi connectivity index (χ3n) is 5.50. The number of aryl methyl sites for hydroxylation is 3. The van der Waals surface area contributed by atoms with E-state index in [4.69, 9.17) is 4.74 Å². The highest BCUT2D eigenvalue weighted by Crippen LogP contribution is 2.41. The van der Waals surface area contributed by atoms with Gasteiger partial charge in [0.15, 0.2) is 5.78 Å². The van der Waals surface area contributed by atoms with Gasteiger partial charge in [-0.15, -0.1) is 0 Å². The topological polar surface area (TPSA) is 55.4 Å². The standard InChI is InChI=1S/C19H25NO3/c1-11-9-12(2)15(13(3)10-11)16-17(21)19(20-18(16)22)7-5-14(23-4)6-8-19/h9-10,14,16H,5-8H2,1-4H3,(H,20,22). The maximum absolute atomic E-state index is 13.2. The lowest BCUT2D eigenvalue weighted by Crippen LogP contribution is -2.50. The molecule has 1 saturated carbocycles. The molecule has 1 saturated heterocycles. The van der Waals surface area contributed by atoms with Crippen LogP contribution in [-0.4, -0.2) is 30.4 Å². The molecule has 1 aliphatic carbocycles. The fourth-order valence-corrected chi connectivity index (χ4v) is 4.36. The normalized spacial score (nSPS) is 30.8. The van der Waals surface area contributed by atoms with Crippen molar-refractivity contribution in [1.82, 2.24) is 5.32 Å². The second-order valence-corrected chi connectivity index (χ2v) is 7.12. The lowest BCUT2D eigenvalue weighted by atomic mass is 9.75. The third-order valence-corrected chi connectivity index (χ3v) is 5.50. The van der Waals surface area contributed by atoms with Crippen LogP contribution in [-0.2, 0) is 14.3 Å². The van der Waals surface area contributed by atoms with Crippen molar-refractivity contribution in [2.24, 2.45) is 0 Å². The van der Waals surface area contributed by atoms with E-state index in [2.05, 4.69) is 17.4 Å². The molecule has 1 aliphatic heterocycles. The number of hydrogen-bond acceptors (Lipinski definition) is 3. The molecule has 2 fully saturated rings. The Bertz CT molecular complexity index is 634. The number of ketones is 1. The lowest BCUT2D eigenvalue weighted by Gasteiger charge is -2.35. The van der Waals surface area contributed by atoms with Gasteiger partial charge in [-0.25, -0.2) is 0 Å². The summed E-state index contributed by atoms with van der Waals surface area (Å²) >= 11 is 0. The summed E-state index contributed by atoms with van der Waals surface area (Å²) < 4.78 is 5.39. The van der Waals surface area contributed by atoms with Crippen molar-refractivity contribution in [3.63, 3.8) is 0 Å². The molecule has 1 atom stereocenters. The Morgan fingerprint density at radius 2 is 1.65 bits per heavy atom. The molecule has 1 heterocycles. The van der Waals surface area contributed by atoms with Crippen LogP contribution in [0.15, 0.2) is 12.1 Å². The predicted molar refractivity (Wildman–Crippen MR) is 88.5 cm³/mol. The van der Waals surface area contributed by atoms with E-state index < -0.39 is 11.5 Å². The van der Waals surface area contributed by atoms with Crippen LogP contribution in [0.3, 0.4) is 0 Å². The summed E-state index contributed by atoms with van der Waals surface area (Å²) in [7, 11) is 1.71. The van der Waals surface area contributed by atoms with Crippen molar-refractivity contribution in [2.75, 3.05) is 7.11 Å². The van der Waals surface area contributed by atoms with Gasteiger partial charge in [-0.2, -0.15) is 0 Å². The van der Waals surface area contributed by atoms with Crippen molar-refractivity contribution >= 4 is 11.7 Å². The zero-order valence-electron chi connectivity index (χ0n) is 14.4. The van der Waals surface area contributed by atoms with Crippen LogP contribution in [0, 0.1) is 20.8 Å². The molecule has 124 valence electrons. The van der Waals surface area contributed by atoms with Gasteiger partial charge in [0.1, 0.15) is 5.92 Å². The molecular formula is C19H25NO3. The van der Waals surface area contributed by atoms with Gasteiger partial charge in [0, 0.05) is 7.11 Å². The molecule has 1 spiro atoms. The van der Waals surface area contributed by atoms with Crippen LogP contribution in [0.5, 0.6) is 0 Å². The van der Waals surface area contributed by atoms with E-state index in [0.29, 0.717) is 12.8 Å². The average molecular weight is 315 g/mol. The predicted octanol–water partition coefficient (Wildman–Crippen LogP) is 2.72. The fourth-order valence-electron chi connectivity index (χ4n) is 4.36. The van der Waals surface area contributed by atoms with Gasteiger partial charge >= 0.3 is 0 Å². The molecule has 1 unspecified atom stereocenters. The first-order valence-electron chi connectivity index (χ1n) is 8.35. The summed E-state index contributed by atoms with van der Waals surface area (Å²) in [5.41, 5.74) is 3.42. The van der Waals surface area contributed by atoms with Crippen LogP contribution in [0.1, 0.15) is 53.9 Å². The van der Waals surface area contributed by atoms with E-state index in [1.165, 1.54) is 0 Å². The Kier molecular flexibility index (Phi) is 4.05. The summed E-state index contributed by atoms with van der Waals surface area (Å²) in [6.07, 6.45) is 3.20. The first-order chi connectivity index (χ1) is 10.9. The van der Waals surface area contributed by atoms with Gasteiger partial charge in [-0.05, 0) is 63.1 Å². The molecule has 23 heavy (non-hydrogen) atoms. The minimum atomic E-state index is -0.680. The summed E-state index contributed by atoms with van der Waals surface area (Å²) in [5.74, 6) is -0.747. The quantitative estimate of drug-likeness (QED) is 0.854. The van der Waals surface area contributed by atoms with E-state index in [-0.39, 0.29) is 17.8 Å². The SMILES string of the molecule is COC1CCC2(CC1)NC(=O)C(c1c(C)cc(C)cc1C)C2=O. The van der Waals surface area contributed by atoms with E-state index in [9.17, 15) is 9.59 Å². The van der Waals surface area contributed by atoms with Crippen LogP contribution >= 0.6 is 0 Å². The fraction of sp³-hybridized carbons (Fsp3) is 0.579.